The number of nitrogens with one attached hydrogen (secondary N) is 1. The second-order valence-corrected chi connectivity index (χ2v) is 9.31. The Bertz CT molecular complexity index is 1060. The highest BCUT2D eigenvalue weighted by molar-refractivity contribution is 7.89. The zero-order valence-electron chi connectivity index (χ0n) is 18.9. The van der Waals surface area contributed by atoms with Crippen molar-refractivity contribution < 1.29 is 22.7 Å². The Balaban J connectivity index is 2.09. The summed E-state index contributed by atoms with van der Waals surface area (Å²) in [4.78, 5) is 12.6. The van der Waals surface area contributed by atoms with Crippen LogP contribution in [0.3, 0.4) is 0 Å². The average molecular weight is 481 g/mol. The molecule has 174 valence electrons. The number of sulfonamides is 1. The van der Waals surface area contributed by atoms with E-state index >= 15 is 0 Å². The molecule has 1 atom stereocenters. The van der Waals surface area contributed by atoms with E-state index in [4.69, 9.17) is 21.1 Å². The molecule has 0 saturated heterocycles. The summed E-state index contributed by atoms with van der Waals surface area (Å²) in [5.41, 5.74) is 1.47. The van der Waals surface area contributed by atoms with Crippen molar-refractivity contribution >= 4 is 33.6 Å². The second kappa shape index (κ2) is 11.4. The highest BCUT2D eigenvalue weighted by atomic mass is 35.5. The van der Waals surface area contributed by atoms with E-state index in [1.165, 1.54) is 24.6 Å². The molecular formula is C23H29ClN2O5S. The maximum atomic E-state index is 12.6. The van der Waals surface area contributed by atoms with Gasteiger partial charge in [-0.3, -0.25) is 4.79 Å². The Hall–Kier alpha value is -2.55. The molecule has 7 nitrogen and oxygen atoms in total. The van der Waals surface area contributed by atoms with Crippen LogP contribution in [0.25, 0.3) is 6.08 Å². The van der Waals surface area contributed by atoms with Gasteiger partial charge >= 0.3 is 0 Å². The monoisotopic (exact) mass is 480 g/mol. The van der Waals surface area contributed by atoms with E-state index in [0.29, 0.717) is 35.2 Å². The molecule has 2 aromatic rings. The predicted octanol–water partition coefficient (Wildman–Crippen LogP) is 4.28. The number of carbonyl (C=O) groups excluding carboxylic acids is 1. The lowest BCUT2D eigenvalue weighted by Crippen LogP contribution is -2.30. The lowest BCUT2D eigenvalue weighted by atomic mass is 10.1. The average Bonchev–Trinajstić information content (AvgIpc) is 2.77. The molecule has 2 rings (SSSR count). The Morgan fingerprint density at radius 2 is 1.75 bits per heavy atom. The fourth-order valence-electron chi connectivity index (χ4n) is 3.19. The minimum absolute atomic E-state index is 0.230. The first-order chi connectivity index (χ1) is 15.2. The molecule has 0 fully saturated rings. The van der Waals surface area contributed by atoms with Crippen molar-refractivity contribution in [3.63, 3.8) is 0 Å². The smallest absolute Gasteiger partial charge is 0.244 e. The molecule has 1 unspecified atom stereocenters. The molecule has 0 aliphatic rings. The summed E-state index contributed by atoms with van der Waals surface area (Å²) in [5.74, 6) is 0.590. The molecule has 0 aromatic heterocycles. The molecule has 1 amide bonds. The summed E-state index contributed by atoms with van der Waals surface area (Å²) < 4.78 is 37.1. The molecule has 0 radical (unpaired) electrons. The summed E-state index contributed by atoms with van der Waals surface area (Å²) in [7, 11) is -0.507. The molecule has 9 heteroatoms. The fourth-order valence-corrected chi connectivity index (χ4v) is 4.95. The van der Waals surface area contributed by atoms with E-state index < -0.39 is 10.0 Å². The van der Waals surface area contributed by atoms with Crippen molar-refractivity contribution in [1.29, 1.82) is 0 Å². The van der Waals surface area contributed by atoms with Gasteiger partial charge < -0.3 is 14.8 Å². The van der Waals surface area contributed by atoms with Gasteiger partial charge in [0, 0.05) is 19.2 Å². The zero-order chi connectivity index (χ0) is 23.9. The van der Waals surface area contributed by atoms with Gasteiger partial charge in [-0.15, -0.1) is 0 Å². The highest BCUT2D eigenvalue weighted by Gasteiger charge is 2.21. The lowest BCUT2D eigenvalue weighted by Gasteiger charge is -2.19. The van der Waals surface area contributed by atoms with Crippen molar-refractivity contribution in [2.45, 2.75) is 31.7 Å². The number of amides is 1. The number of halogens is 1. The molecule has 0 bridgehead atoms. The third-order valence-electron chi connectivity index (χ3n) is 4.97. The first kappa shape index (κ1) is 25.7. The van der Waals surface area contributed by atoms with E-state index in [-0.39, 0.29) is 16.8 Å². The highest BCUT2D eigenvalue weighted by Crippen LogP contribution is 2.36. The maximum Gasteiger partial charge on any atom is 0.244 e. The fraction of sp³-hybridized carbons (Fsp3) is 0.348. The summed E-state index contributed by atoms with van der Waals surface area (Å²) in [5, 5.41) is 3.24. The van der Waals surface area contributed by atoms with Crippen LogP contribution >= 0.6 is 11.6 Å². The number of benzene rings is 2. The van der Waals surface area contributed by atoms with E-state index in [1.54, 1.807) is 56.3 Å². The van der Waals surface area contributed by atoms with Crippen LogP contribution in [0.2, 0.25) is 5.02 Å². The van der Waals surface area contributed by atoms with Gasteiger partial charge in [-0.25, -0.2) is 8.42 Å². The van der Waals surface area contributed by atoms with Gasteiger partial charge in [-0.1, -0.05) is 37.6 Å². The first-order valence-electron chi connectivity index (χ1n) is 10.2. The van der Waals surface area contributed by atoms with Gasteiger partial charge in [0.2, 0.25) is 15.9 Å². The van der Waals surface area contributed by atoms with Crippen LogP contribution in [-0.4, -0.2) is 45.9 Å². The molecule has 0 aliphatic heterocycles. The summed E-state index contributed by atoms with van der Waals surface area (Å²) >= 11 is 6.19. The molecule has 0 saturated carbocycles. The van der Waals surface area contributed by atoms with Gasteiger partial charge in [0.05, 0.1) is 30.2 Å². The van der Waals surface area contributed by atoms with Crippen LogP contribution in [0.4, 0.5) is 0 Å². The lowest BCUT2D eigenvalue weighted by molar-refractivity contribution is -0.117. The minimum atomic E-state index is -3.52. The molecule has 0 aliphatic carbocycles. The number of rotatable bonds is 10. The zero-order valence-corrected chi connectivity index (χ0v) is 20.5. The van der Waals surface area contributed by atoms with Crippen LogP contribution in [0.1, 0.15) is 37.9 Å². The Morgan fingerprint density at radius 3 is 2.28 bits per heavy atom. The van der Waals surface area contributed by atoms with Gasteiger partial charge in [-0.2, -0.15) is 4.31 Å². The van der Waals surface area contributed by atoms with E-state index in [1.807, 2.05) is 6.92 Å². The van der Waals surface area contributed by atoms with Crippen molar-refractivity contribution in [3.05, 3.63) is 58.6 Å². The van der Waals surface area contributed by atoms with Crippen molar-refractivity contribution in [2.24, 2.45) is 0 Å². The second-order valence-electron chi connectivity index (χ2n) is 6.96. The quantitative estimate of drug-likeness (QED) is 0.513. The third kappa shape index (κ3) is 6.03. The topological polar surface area (TPSA) is 84.9 Å². The molecule has 0 heterocycles. The van der Waals surface area contributed by atoms with Crippen LogP contribution in [0, 0.1) is 0 Å². The van der Waals surface area contributed by atoms with Crippen molar-refractivity contribution in [1.82, 2.24) is 9.62 Å². The van der Waals surface area contributed by atoms with E-state index in [0.717, 1.165) is 5.56 Å². The van der Waals surface area contributed by atoms with Crippen molar-refractivity contribution in [3.8, 4) is 11.5 Å². The Kier molecular flexibility index (Phi) is 9.12. The van der Waals surface area contributed by atoms with Crippen LogP contribution in [0.15, 0.2) is 47.4 Å². The number of nitrogens with zero attached hydrogens (tertiary/aromatic N) is 1. The number of methoxy groups -OCH3 is 2. The maximum absolute atomic E-state index is 12.6. The Morgan fingerprint density at radius 1 is 1.12 bits per heavy atom. The van der Waals surface area contributed by atoms with Crippen molar-refractivity contribution in [2.75, 3.05) is 27.3 Å². The molecule has 2 aromatic carbocycles. The third-order valence-corrected chi connectivity index (χ3v) is 7.31. The number of hydrogen-bond acceptors (Lipinski definition) is 5. The van der Waals surface area contributed by atoms with Gasteiger partial charge in [-0.05, 0) is 48.4 Å². The molecule has 32 heavy (non-hydrogen) atoms. The van der Waals surface area contributed by atoms with Crippen LogP contribution in [0.5, 0.6) is 11.5 Å². The summed E-state index contributed by atoms with van der Waals surface area (Å²) in [6.07, 6.45) is 3.02. The molecule has 1 N–H and O–H groups in total. The van der Waals surface area contributed by atoms with E-state index in [9.17, 15) is 13.2 Å². The number of carbonyl (C=O) groups is 1. The van der Waals surface area contributed by atoms with E-state index in [2.05, 4.69) is 5.32 Å². The standard InChI is InChI=1S/C23H29ClN2O5S/c1-6-26(7-2)32(28,29)19-11-9-18(10-12-19)16(3)25-22(27)13-8-17-14-20(24)23(31-5)21(15-17)30-4/h8-16H,6-7H2,1-5H3,(H,25,27)/b13-8+. The Labute approximate surface area is 195 Å². The van der Waals surface area contributed by atoms with Crippen LogP contribution in [-0.2, 0) is 14.8 Å². The summed E-state index contributed by atoms with van der Waals surface area (Å²) in [6, 6.07) is 9.61. The summed E-state index contributed by atoms with van der Waals surface area (Å²) in [6.45, 7) is 6.25. The minimum Gasteiger partial charge on any atom is -0.493 e. The normalized spacial score (nSPS) is 12.7. The van der Waals surface area contributed by atoms with Crippen LogP contribution < -0.4 is 14.8 Å². The molecular weight excluding hydrogens is 452 g/mol. The van der Waals surface area contributed by atoms with Gasteiger partial charge in [0.1, 0.15) is 0 Å². The number of hydrogen-bond donors (Lipinski definition) is 1. The van der Waals surface area contributed by atoms with Gasteiger partial charge in [0.15, 0.2) is 11.5 Å². The predicted molar refractivity (Wildman–Crippen MR) is 127 cm³/mol. The van der Waals surface area contributed by atoms with Gasteiger partial charge in [0.25, 0.3) is 0 Å². The SMILES string of the molecule is CCN(CC)S(=O)(=O)c1ccc(C(C)NC(=O)/C=C/c2cc(Cl)c(OC)c(OC)c2)cc1. The largest absolute Gasteiger partial charge is 0.493 e. The number of ether oxygens (including phenoxy) is 2. The first-order valence-corrected chi connectivity index (χ1v) is 12.0. The molecule has 0 spiro atoms.